The lowest BCUT2D eigenvalue weighted by atomic mass is 10.1. The van der Waals surface area contributed by atoms with E-state index in [1.54, 1.807) is 0 Å². The van der Waals surface area contributed by atoms with E-state index < -0.39 is 11.8 Å². The fourth-order valence-electron chi connectivity index (χ4n) is 1.51. The number of carbonyl (C=O) groups is 2. The number of Topliss-reactive ketones (excluding diaryl/α,β-unsaturated/α-hetero) is 1. The number of hydrogen-bond donors (Lipinski definition) is 1. The molecule has 1 heterocycles. The van der Waals surface area contributed by atoms with Gasteiger partial charge in [0.2, 0.25) is 12.6 Å². The van der Waals surface area contributed by atoms with Gasteiger partial charge in [0, 0.05) is 0 Å². The molecule has 0 bridgehead atoms. The molecule has 1 aliphatic heterocycles. The van der Waals surface area contributed by atoms with E-state index in [1.165, 1.54) is 11.8 Å². The van der Waals surface area contributed by atoms with Crippen LogP contribution < -0.4 is 9.47 Å². The Morgan fingerprint density at radius 2 is 2.06 bits per heavy atom. The van der Waals surface area contributed by atoms with Crippen LogP contribution in [0.15, 0.2) is 18.2 Å². The van der Waals surface area contributed by atoms with Crippen LogP contribution in [-0.2, 0) is 16.0 Å². The van der Waals surface area contributed by atoms with Crippen LogP contribution in [-0.4, -0.2) is 35.2 Å². The number of carbonyl (C=O) groups excluding carboxylic acids is 1. The molecule has 0 radical (unpaired) electrons. The Morgan fingerprint density at radius 1 is 1.28 bits per heavy atom. The first kappa shape index (κ1) is 12.8. The summed E-state index contributed by atoms with van der Waals surface area (Å²) in [4.78, 5) is 21.1. The second-order valence-electron chi connectivity index (χ2n) is 3.72. The van der Waals surface area contributed by atoms with E-state index >= 15 is 0 Å². The zero-order valence-electron chi connectivity index (χ0n) is 9.55. The smallest absolute Gasteiger partial charge is 0.373 e. The monoisotopic (exact) mass is 268 g/mol. The Bertz CT molecular complexity index is 472. The Kier molecular flexibility index (Phi) is 4.09. The van der Waals surface area contributed by atoms with Crippen molar-refractivity contribution in [2.45, 2.75) is 6.42 Å². The van der Waals surface area contributed by atoms with Crippen molar-refractivity contribution < 1.29 is 24.2 Å². The number of carboxylic acids is 1. The number of aliphatic carboxylic acids is 1. The van der Waals surface area contributed by atoms with Crippen LogP contribution in [0.2, 0.25) is 0 Å². The second-order valence-corrected chi connectivity index (χ2v) is 4.82. The molecule has 0 saturated heterocycles. The molecule has 96 valence electrons. The largest absolute Gasteiger partial charge is 0.475 e. The van der Waals surface area contributed by atoms with Gasteiger partial charge in [-0.1, -0.05) is 6.07 Å². The van der Waals surface area contributed by atoms with Gasteiger partial charge in [0.1, 0.15) is 0 Å². The SMILES string of the molecule is O=C(O)C(=O)CSCCc1ccc2c(c1)OCO2. The maximum Gasteiger partial charge on any atom is 0.373 e. The molecule has 0 atom stereocenters. The molecular weight excluding hydrogens is 256 g/mol. The molecule has 1 aromatic rings. The quantitative estimate of drug-likeness (QED) is 0.620. The van der Waals surface area contributed by atoms with Gasteiger partial charge in [-0.3, -0.25) is 4.79 Å². The van der Waals surface area contributed by atoms with Crippen molar-refractivity contribution in [2.75, 3.05) is 18.3 Å². The lowest BCUT2D eigenvalue weighted by molar-refractivity contribution is -0.147. The highest BCUT2D eigenvalue weighted by atomic mass is 32.2. The van der Waals surface area contributed by atoms with Crippen LogP contribution in [0.1, 0.15) is 5.56 Å². The highest BCUT2D eigenvalue weighted by molar-refractivity contribution is 8.00. The number of fused-ring (bicyclic) bond motifs is 1. The highest BCUT2D eigenvalue weighted by Gasteiger charge is 2.13. The molecule has 1 N–H and O–H groups in total. The Labute approximate surface area is 108 Å². The average molecular weight is 268 g/mol. The predicted octanol–water partition coefficient (Wildman–Crippen LogP) is 1.34. The average Bonchev–Trinajstić information content (AvgIpc) is 2.81. The van der Waals surface area contributed by atoms with E-state index in [9.17, 15) is 9.59 Å². The minimum Gasteiger partial charge on any atom is -0.475 e. The summed E-state index contributed by atoms with van der Waals surface area (Å²) in [5.74, 6) is 0.0567. The second kappa shape index (κ2) is 5.77. The number of rotatable bonds is 6. The molecule has 2 rings (SSSR count). The van der Waals surface area contributed by atoms with Gasteiger partial charge in [-0.25, -0.2) is 4.79 Å². The van der Waals surface area contributed by atoms with Crippen LogP contribution in [0, 0.1) is 0 Å². The molecule has 0 saturated carbocycles. The van der Waals surface area contributed by atoms with E-state index in [0.717, 1.165) is 23.5 Å². The van der Waals surface area contributed by atoms with Crippen LogP contribution in [0.25, 0.3) is 0 Å². The van der Waals surface area contributed by atoms with Crippen LogP contribution in [0.3, 0.4) is 0 Å². The van der Waals surface area contributed by atoms with Gasteiger partial charge in [-0.15, -0.1) is 0 Å². The predicted molar refractivity (Wildman–Crippen MR) is 66.2 cm³/mol. The third kappa shape index (κ3) is 3.16. The molecule has 0 aliphatic carbocycles. The summed E-state index contributed by atoms with van der Waals surface area (Å²) in [5, 5.41) is 8.41. The highest BCUT2D eigenvalue weighted by Crippen LogP contribution is 2.32. The molecule has 0 aromatic heterocycles. The minimum absolute atomic E-state index is 0.0138. The van der Waals surface area contributed by atoms with Crippen molar-refractivity contribution in [3.8, 4) is 11.5 Å². The van der Waals surface area contributed by atoms with Gasteiger partial charge >= 0.3 is 5.97 Å². The first-order chi connectivity index (χ1) is 8.66. The number of ether oxygens (including phenoxy) is 2. The van der Waals surface area contributed by atoms with E-state index in [2.05, 4.69) is 0 Å². The van der Waals surface area contributed by atoms with E-state index in [-0.39, 0.29) is 12.5 Å². The number of benzene rings is 1. The molecule has 1 aliphatic rings. The topological polar surface area (TPSA) is 72.8 Å². The van der Waals surface area contributed by atoms with E-state index in [4.69, 9.17) is 14.6 Å². The zero-order chi connectivity index (χ0) is 13.0. The van der Waals surface area contributed by atoms with Crippen molar-refractivity contribution in [2.24, 2.45) is 0 Å². The van der Waals surface area contributed by atoms with Crippen molar-refractivity contribution in [1.29, 1.82) is 0 Å². The first-order valence-corrected chi connectivity index (χ1v) is 6.54. The summed E-state index contributed by atoms with van der Waals surface area (Å²) in [6, 6.07) is 5.69. The maximum absolute atomic E-state index is 10.9. The fourth-order valence-corrected chi connectivity index (χ4v) is 2.35. The molecule has 18 heavy (non-hydrogen) atoms. The van der Waals surface area contributed by atoms with E-state index in [1.807, 2.05) is 18.2 Å². The van der Waals surface area contributed by atoms with Crippen LogP contribution in [0.5, 0.6) is 11.5 Å². The van der Waals surface area contributed by atoms with Crippen molar-refractivity contribution in [1.82, 2.24) is 0 Å². The summed E-state index contributed by atoms with van der Waals surface area (Å²) in [7, 11) is 0. The van der Waals surface area contributed by atoms with Gasteiger partial charge < -0.3 is 14.6 Å². The Balaban J connectivity index is 1.77. The molecular formula is C12H12O5S. The summed E-state index contributed by atoms with van der Waals surface area (Å²) >= 11 is 1.32. The summed E-state index contributed by atoms with van der Waals surface area (Å²) in [6.07, 6.45) is 0.758. The number of aryl methyl sites for hydroxylation is 1. The zero-order valence-corrected chi connectivity index (χ0v) is 10.4. The normalized spacial score (nSPS) is 12.4. The molecule has 0 spiro atoms. The lowest BCUT2D eigenvalue weighted by Crippen LogP contribution is -2.15. The standard InChI is InChI=1S/C12H12O5S/c13-9(12(14)15)6-18-4-3-8-1-2-10-11(5-8)17-7-16-10/h1-2,5H,3-4,6-7H2,(H,14,15). The van der Waals surface area contributed by atoms with Gasteiger partial charge in [0.15, 0.2) is 11.5 Å². The van der Waals surface area contributed by atoms with E-state index in [0.29, 0.717) is 5.75 Å². The molecule has 0 fully saturated rings. The van der Waals surface area contributed by atoms with Gasteiger partial charge in [-0.05, 0) is 29.9 Å². The van der Waals surface area contributed by atoms with Gasteiger partial charge in [0.25, 0.3) is 0 Å². The number of ketones is 1. The minimum atomic E-state index is -1.37. The molecule has 6 heteroatoms. The summed E-state index contributed by atoms with van der Waals surface area (Å²) in [6.45, 7) is 0.251. The van der Waals surface area contributed by atoms with Crippen molar-refractivity contribution in [3.05, 3.63) is 23.8 Å². The van der Waals surface area contributed by atoms with Crippen molar-refractivity contribution >= 4 is 23.5 Å². The molecule has 5 nitrogen and oxygen atoms in total. The maximum atomic E-state index is 10.9. The van der Waals surface area contributed by atoms with Gasteiger partial charge in [-0.2, -0.15) is 11.8 Å². The Hall–Kier alpha value is -1.69. The number of thioether (sulfide) groups is 1. The van der Waals surface area contributed by atoms with Crippen LogP contribution in [0.4, 0.5) is 0 Å². The first-order valence-electron chi connectivity index (χ1n) is 5.39. The molecule has 1 aromatic carbocycles. The fraction of sp³-hybridized carbons (Fsp3) is 0.333. The van der Waals surface area contributed by atoms with Gasteiger partial charge in [0.05, 0.1) is 5.75 Å². The van der Waals surface area contributed by atoms with Crippen molar-refractivity contribution in [3.63, 3.8) is 0 Å². The number of carboxylic acid groups (broad SMARTS) is 1. The Morgan fingerprint density at radius 3 is 2.83 bits per heavy atom. The third-order valence-corrected chi connectivity index (χ3v) is 3.40. The molecule has 0 amide bonds. The summed E-state index contributed by atoms with van der Waals surface area (Å²) in [5.41, 5.74) is 1.08. The molecule has 0 unspecified atom stereocenters. The number of hydrogen-bond acceptors (Lipinski definition) is 5. The lowest BCUT2D eigenvalue weighted by Gasteiger charge is -2.02. The summed E-state index contributed by atoms with van der Waals surface area (Å²) < 4.78 is 10.5. The third-order valence-electron chi connectivity index (χ3n) is 2.44. The van der Waals surface area contributed by atoms with Crippen LogP contribution >= 0.6 is 11.8 Å².